The van der Waals surface area contributed by atoms with Crippen LogP contribution in [0.25, 0.3) is 17.3 Å². The summed E-state index contributed by atoms with van der Waals surface area (Å²) in [4.78, 5) is 49.4. The predicted molar refractivity (Wildman–Crippen MR) is 245 cm³/mol. The lowest BCUT2D eigenvalue weighted by Crippen LogP contribution is -2.55. The maximum Gasteiger partial charge on any atom is 0.312 e. The lowest BCUT2D eigenvalue weighted by molar-refractivity contribution is -0.134. The van der Waals surface area contributed by atoms with Gasteiger partial charge in [-0.25, -0.2) is 35.9 Å². The van der Waals surface area contributed by atoms with Gasteiger partial charge in [-0.2, -0.15) is 0 Å². The Morgan fingerprint density at radius 1 is 0.881 bits per heavy atom. The van der Waals surface area contributed by atoms with E-state index < -0.39 is 69.6 Å². The number of aliphatic hydroxyl groups excluding tert-OH is 3. The van der Waals surface area contributed by atoms with E-state index in [9.17, 15) is 51.3 Å². The molecule has 1 aromatic heterocycles. The van der Waals surface area contributed by atoms with Gasteiger partial charge >= 0.3 is 5.97 Å². The van der Waals surface area contributed by atoms with Crippen molar-refractivity contribution < 1.29 is 56.0 Å². The molecule has 67 heavy (non-hydrogen) atoms. The molecule has 1 fully saturated rings. The average Bonchev–Trinajstić information content (AvgIpc) is 3.28. The second kappa shape index (κ2) is 21.9. The number of benzene rings is 4. The molecule has 1 saturated heterocycles. The fraction of sp³-hybridized carbons (Fsp3) is 0.327. The molecular weight excluding hydrogens is 892 g/mol. The number of aliphatic hydroxyl groups is 3. The van der Waals surface area contributed by atoms with Gasteiger partial charge in [-0.15, -0.1) is 0 Å². The number of hydrogen-bond donors (Lipinski definition) is 4. The van der Waals surface area contributed by atoms with Crippen LogP contribution in [0.1, 0.15) is 86.4 Å². The number of carbonyl (C=O) groups excluding carboxylic acids is 3. The van der Waals surface area contributed by atoms with Crippen LogP contribution in [0.4, 0.5) is 24.8 Å². The SMILES string of the molecule is CC(C)c1nc(N(C)S(C)(=O)=O)nc(-c2ccc(F)cc2)c1/C=C/[C@@H](O)C[C@@H](O)CC(=O)NCCC(=O)Oc1ccc([C@@H]2[C@@H](CC[C@H](O)c3ccc(F)cc3)C(=O)N2c2ccc(F)cc2)cc1. The van der Waals surface area contributed by atoms with Crippen LogP contribution >= 0.6 is 0 Å². The molecule has 0 aliphatic carbocycles. The number of nitrogens with one attached hydrogen (secondary N) is 1. The molecule has 18 heteroatoms. The summed E-state index contributed by atoms with van der Waals surface area (Å²) >= 11 is 0. The summed E-state index contributed by atoms with van der Waals surface area (Å²) in [6.07, 6.45) is 0.171. The third-order valence-corrected chi connectivity index (χ3v) is 12.4. The third kappa shape index (κ3) is 12.9. The zero-order valence-electron chi connectivity index (χ0n) is 37.2. The number of hydrogen-bond acceptors (Lipinski definition) is 11. The Hall–Kier alpha value is -6.47. The highest BCUT2D eigenvalue weighted by atomic mass is 32.2. The van der Waals surface area contributed by atoms with Crippen LogP contribution in [-0.4, -0.2) is 83.5 Å². The van der Waals surface area contributed by atoms with Gasteiger partial charge in [0.1, 0.15) is 23.2 Å². The maximum atomic E-state index is 13.8. The van der Waals surface area contributed by atoms with Gasteiger partial charge in [0.05, 0.1) is 60.8 Å². The zero-order chi connectivity index (χ0) is 48.6. The molecule has 5 atom stereocenters. The van der Waals surface area contributed by atoms with E-state index in [0.717, 1.165) is 10.6 Å². The van der Waals surface area contributed by atoms with Crippen molar-refractivity contribution in [3.8, 4) is 17.0 Å². The molecule has 4 N–H and O–H groups in total. The van der Waals surface area contributed by atoms with Crippen LogP contribution < -0.4 is 19.3 Å². The van der Waals surface area contributed by atoms with E-state index >= 15 is 0 Å². The predicted octanol–water partition coefficient (Wildman–Crippen LogP) is 6.93. The van der Waals surface area contributed by atoms with E-state index in [-0.39, 0.29) is 61.4 Å². The molecule has 1 aliphatic heterocycles. The Morgan fingerprint density at radius 2 is 1.48 bits per heavy atom. The van der Waals surface area contributed by atoms with Gasteiger partial charge in [-0.3, -0.25) is 14.4 Å². The summed E-state index contributed by atoms with van der Waals surface area (Å²) in [5.74, 6) is -3.51. The number of nitrogens with zero attached hydrogens (tertiary/aromatic N) is 4. The number of ether oxygens (including phenoxy) is 1. The Kier molecular flexibility index (Phi) is 16.3. The monoisotopic (exact) mass is 943 g/mol. The maximum absolute atomic E-state index is 13.8. The molecule has 14 nitrogen and oxygen atoms in total. The Labute approximate surface area is 386 Å². The van der Waals surface area contributed by atoms with Gasteiger partial charge < -0.3 is 30.3 Å². The molecule has 0 radical (unpaired) electrons. The van der Waals surface area contributed by atoms with Crippen LogP contribution in [0.15, 0.2) is 103 Å². The molecule has 6 rings (SSSR count). The fourth-order valence-corrected chi connectivity index (χ4v) is 8.02. The van der Waals surface area contributed by atoms with Crippen molar-refractivity contribution in [2.24, 2.45) is 5.92 Å². The number of carbonyl (C=O) groups is 3. The van der Waals surface area contributed by atoms with Crippen molar-refractivity contribution >= 4 is 45.5 Å². The number of amides is 2. The Morgan fingerprint density at radius 3 is 2.07 bits per heavy atom. The second-order valence-electron chi connectivity index (χ2n) is 16.6. The third-order valence-electron chi connectivity index (χ3n) is 11.3. The number of rotatable bonds is 20. The lowest BCUT2D eigenvalue weighted by Gasteiger charge is -2.48. The van der Waals surface area contributed by atoms with Crippen molar-refractivity contribution in [1.29, 1.82) is 0 Å². The smallest absolute Gasteiger partial charge is 0.312 e. The molecular formula is C49H52F3N5O9S. The molecule has 0 unspecified atom stereocenters. The molecule has 2 heterocycles. The number of β-lactam (4-membered cyclic amide) rings is 1. The molecule has 0 spiro atoms. The Bertz CT molecular complexity index is 2670. The van der Waals surface area contributed by atoms with Crippen molar-refractivity contribution in [3.63, 3.8) is 0 Å². The molecule has 5 aromatic rings. The molecule has 354 valence electrons. The molecule has 1 aliphatic rings. The zero-order valence-corrected chi connectivity index (χ0v) is 38.0. The summed E-state index contributed by atoms with van der Waals surface area (Å²) in [6.45, 7) is 3.57. The largest absolute Gasteiger partial charge is 0.426 e. The van der Waals surface area contributed by atoms with Gasteiger partial charge in [-0.05, 0) is 103 Å². The summed E-state index contributed by atoms with van der Waals surface area (Å²) in [6, 6.07) is 22.5. The molecule has 0 bridgehead atoms. The highest BCUT2D eigenvalue weighted by Gasteiger charge is 2.48. The van der Waals surface area contributed by atoms with Gasteiger partial charge in [0.15, 0.2) is 0 Å². The highest BCUT2D eigenvalue weighted by Crippen LogP contribution is 2.46. The molecule has 4 aromatic carbocycles. The second-order valence-corrected chi connectivity index (χ2v) is 18.6. The van der Waals surface area contributed by atoms with Crippen LogP contribution in [-0.2, 0) is 24.4 Å². The van der Waals surface area contributed by atoms with Crippen LogP contribution in [0, 0.1) is 23.4 Å². The number of aromatic nitrogens is 2. The van der Waals surface area contributed by atoms with E-state index in [0.29, 0.717) is 40.1 Å². The summed E-state index contributed by atoms with van der Waals surface area (Å²) in [7, 11) is -2.42. The molecule has 2 amide bonds. The first-order valence-corrected chi connectivity index (χ1v) is 23.4. The average molecular weight is 944 g/mol. The van der Waals surface area contributed by atoms with Gasteiger partial charge in [0, 0.05) is 36.8 Å². The summed E-state index contributed by atoms with van der Waals surface area (Å²) in [5, 5.41) is 34.8. The van der Waals surface area contributed by atoms with Crippen molar-refractivity contribution in [2.75, 3.05) is 29.1 Å². The van der Waals surface area contributed by atoms with E-state index in [1.54, 1.807) is 29.2 Å². The number of sulfonamides is 1. The number of esters is 1. The van der Waals surface area contributed by atoms with E-state index in [1.165, 1.54) is 92.0 Å². The van der Waals surface area contributed by atoms with E-state index in [2.05, 4.69) is 15.3 Å². The lowest BCUT2D eigenvalue weighted by atomic mass is 9.78. The molecule has 0 saturated carbocycles. The van der Waals surface area contributed by atoms with E-state index in [4.69, 9.17) is 4.74 Å². The van der Waals surface area contributed by atoms with Gasteiger partial charge in [0.2, 0.25) is 27.8 Å². The van der Waals surface area contributed by atoms with Crippen molar-refractivity contribution in [1.82, 2.24) is 15.3 Å². The minimum atomic E-state index is -3.73. The first-order valence-electron chi connectivity index (χ1n) is 21.5. The first-order chi connectivity index (χ1) is 31.8. The Balaban J connectivity index is 1.01. The van der Waals surface area contributed by atoms with Crippen LogP contribution in [0.5, 0.6) is 5.75 Å². The van der Waals surface area contributed by atoms with Gasteiger partial charge in [-0.1, -0.05) is 50.3 Å². The van der Waals surface area contributed by atoms with Crippen molar-refractivity contribution in [3.05, 3.63) is 143 Å². The van der Waals surface area contributed by atoms with E-state index in [1.807, 2.05) is 13.8 Å². The van der Waals surface area contributed by atoms with Crippen LogP contribution in [0.3, 0.4) is 0 Å². The first kappa shape index (κ1) is 50.0. The highest BCUT2D eigenvalue weighted by molar-refractivity contribution is 7.92. The van der Waals surface area contributed by atoms with Crippen molar-refractivity contribution in [2.45, 2.75) is 76.2 Å². The minimum Gasteiger partial charge on any atom is -0.426 e. The van der Waals surface area contributed by atoms with Crippen LogP contribution in [0.2, 0.25) is 0 Å². The topological polar surface area (TPSA) is 200 Å². The minimum absolute atomic E-state index is 0.0993. The quantitative estimate of drug-likeness (QED) is 0.0359. The number of anilines is 2. The normalized spacial score (nSPS) is 16.4. The summed E-state index contributed by atoms with van der Waals surface area (Å²) in [5.41, 5.74) is 3.34. The number of halogens is 3. The van der Waals surface area contributed by atoms with Gasteiger partial charge in [0.25, 0.3) is 0 Å². The summed E-state index contributed by atoms with van der Waals surface area (Å²) < 4.78 is 72.1. The standard InChI is InChI=1S/C49H52F3N5O9S/c1-29(2)45-40(46(31-7-13-34(51)14-8-31)55-49(54-45)56(3)67(4,64)65)22-19-37(58)27-38(59)28-43(61)53-26-25-44(62)66-39-20-9-32(10-21-39)47-41(23-24-42(60)30-5-11-33(50)12-6-30)48(63)57(47)36-17-15-35(52)16-18-36/h5-22,29,37-38,41-42,47,58-60H,23-28H2,1-4H3,(H,53,61)/b22-19+/t37-,38-,41-,42+,47-/m1/s1. The fourth-order valence-electron chi connectivity index (χ4n) is 7.64.